The van der Waals surface area contributed by atoms with Crippen LogP contribution < -0.4 is 5.32 Å². The number of thiocarbonyl (C=S) groups is 1. The predicted molar refractivity (Wildman–Crippen MR) is 108 cm³/mol. The fraction of sp³-hybridized carbons (Fsp3) is 0.0952. The lowest BCUT2D eigenvalue weighted by Gasteiger charge is -2.27. The quantitative estimate of drug-likeness (QED) is 0.352. The van der Waals surface area contributed by atoms with E-state index >= 15 is 0 Å². The Hall–Kier alpha value is -3.26. The van der Waals surface area contributed by atoms with E-state index in [4.69, 9.17) is 12.2 Å². The Morgan fingerprint density at radius 2 is 1.83 bits per heavy atom. The van der Waals surface area contributed by atoms with E-state index in [2.05, 4.69) is 11.9 Å². The molecular formula is C21H15F3N2O2S. The number of benzene rings is 2. The largest absolute Gasteiger partial charge is 0.417 e. The molecule has 148 valence electrons. The van der Waals surface area contributed by atoms with Gasteiger partial charge in [0.1, 0.15) is 5.57 Å². The van der Waals surface area contributed by atoms with Crippen molar-refractivity contribution < 1.29 is 22.8 Å². The molecule has 1 N–H and O–H groups in total. The molecule has 4 nitrogen and oxygen atoms in total. The third kappa shape index (κ3) is 4.27. The second-order valence-electron chi connectivity index (χ2n) is 6.19. The number of halogens is 3. The lowest BCUT2D eigenvalue weighted by Crippen LogP contribution is -2.53. The first-order valence-corrected chi connectivity index (χ1v) is 8.89. The standard InChI is InChI=1S/C21H15F3N2O2S/c1-2-10-26-19(28)16(18(27)25-20(26)29)12-13-6-5-7-14(11-13)15-8-3-4-9-17(15)21(22,23)24/h2-9,11-12H,1,10H2,(H,25,27,29)/b16-12+. The van der Waals surface area contributed by atoms with Crippen LogP contribution in [0.4, 0.5) is 13.2 Å². The summed E-state index contributed by atoms with van der Waals surface area (Å²) in [7, 11) is 0. The van der Waals surface area contributed by atoms with Crippen LogP contribution >= 0.6 is 12.2 Å². The summed E-state index contributed by atoms with van der Waals surface area (Å²) in [6.45, 7) is 3.67. The maximum absolute atomic E-state index is 13.3. The highest BCUT2D eigenvalue weighted by Gasteiger charge is 2.34. The zero-order valence-corrected chi connectivity index (χ0v) is 15.8. The maximum atomic E-state index is 13.3. The van der Waals surface area contributed by atoms with E-state index in [0.29, 0.717) is 11.1 Å². The summed E-state index contributed by atoms with van der Waals surface area (Å²) in [6, 6.07) is 11.4. The van der Waals surface area contributed by atoms with Gasteiger partial charge in [-0.3, -0.25) is 19.8 Å². The summed E-state index contributed by atoms with van der Waals surface area (Å²) in [6.07, 6.45) is -1.71. The number of carbonyl (C=O) groups is 2. The van der Waals surface area contributed by atoms with Crippen molar-refractivity contribution in [3.63, 3.8) is 0 Å². The Morgan fingerprint density at radius 1 is 1.10 bits per heavy atom. The number of hydrogen-bond donors (Lipinski definition) is 1. The van der Waals surface area contributed by atoms with Crippen LogP contribution in [-0.4, -0.2) is 28.4 Å². The van der Waals surface area contributed by atoms with Crippen molar-refractivity contribution in [2.75, 3.05) is 6.54 Å². The van der Waals surface area contributed by atoms with Crippen molar-refractivity contribution in [1.29, 1.82) is 0 Å². The van der Waals surface area contributed by atoms with Crippen LogP contribution in [0.3, 0.4) is 0 Å². The van der Waals surface area contributed by atoms with Gasteiger partial charge in [-0.15, -0.1) is 6.58 Å². The predicted octanol–water partition coefficient (Wildman–Crippen LogP) is 4.19. The van der Waals surface area contributed by atoms with Crippen molar-refractivity contribution in [3.8, 4) is 11.1 Å². The number of rotatable bonds is 4. The summed E-state index contributed by atoms with van der Waals surface area (Å²) in [4.78, 5) is 26.0. The topological polar surface area (TPSA) is 49.4 Å². The molecule has 8 heteroatoms. The zero-order chi connectivity index (χ0) is 21.2. The van der Waals surface area contributed by atoms with Crippen molar-refractivity contribution >= 4 is 35.2 Å². The Kier molecular flexibility index (Phi) is 5.65. The normalized spacial score (nSPS) is 16.2. The number of nitrogens with zero attached hydrogens (tertiary/aromatic N) is 1. The highest BCUT2D eigenvalue weighted by molar-refractivity contribution is 7.80. The van der Waals surface area contributed by atoms with Gasteiger partial charge in [-0.05, 0) is 47.1 Å². The average molecular weight is 416 g/mol. The molecule has 0 saturated carbocycles. The Labute approximate surface area is 170 Å². The molecule has 1 fully saturated rings. The van der Waals surface area contributed by atoms with Gasteiger partial charge in [0, 0.05) is 6.54 Å². The number of nitrogens with one attached hydrogen (secondary N) is 1. The molecule has 2 amide bonds. The molecule has 1 heterocycles. The summed E-state index contributed by atoms with van der Waals surface area (Å²) in [5.74, 6) is -1.26. The lowest BCUT2D eigenvalue weighted by molar-refractivity contribution is -0.137. The summed E-state index contributed by atoms with van der Waals surface area (Å²) < 4.78 is 40.0. The lowest BCUT2D eigenvalue weighted by atomic mass is 9.97. The van der Waals surface area contributed by atoms with E-state index in [1.54, 1.807) is 12.1 Å². The molecule has 3 rings (SSSR count). The monoisotopic (exact) mass is 416 g/mol. The van der Waals surface area contributed by atoms with E-state index in [9.17, 15) is 22.8 Å². The fourth-order valence-corrected chi connectivity index (χ4v) is 3.18. The molecule has 0 aliphatic carbocycles. The Balaban J connectivity index is 2.03. The van der Waals surface area contributed by atoms with Crippen LogP contribution in [-0.2, 0) is 15.8 Å². The summed E-state index contributed by atoms with van der Waals surface area (Å²) >= 11 is 4.99. The molecule has 1 saturated heterocycles. The minimum atomic E-state index is -4.51. The molecular weight excluding hydrogens is 401 g/mol. The highest BCUT2D eigenvalue weighted by Crippen LogP contribution is 2.37. The first-order valence-electron chi connectivity index (χ1n) is 8.49. The van der Waals surface area contributed by atoms with Crippen molar-refractivity contribution in [1.82, 2.24) is 10.2 Å². The average Bonchev–Trinajstić information content (AvgIpc) is 2.68. The van der Waals surface area contributed by atoms with Gasteiger partial charge >= 0.3 is 6.18 Å². The van der Waals surface area contributed by atoms with Crippen molar-refractivity contribution in [2.24, 2.45) is 0 Å². The fourth-order valence-electron chi connectivity index (χ4n) is 2.93. The maximum Gasteiger partial charge on any atom is 0.417 e. The minimum Gasteiger partial charge on any atom is -0.298 e. The summed E-state index contributed by atoms with van der Waals surface area (Å²) in [5, 5.41) is 2.40. The molecule has 0 aromatic heterocycles. The summed E-state index contributed by atoms with van der Waals surface area (Å²) in [5.41, 5.74) is -0.201. The van der Waals surface area contributed by atoms with E-state index in [1.807, 2.05) is 0 Å². The molecule has 0 radical (unpaired) electrons. The molecule has 1 aliphatic rings. The molecule has 0 spiro atoms. The Bertz CT molecular complexity index is 1040. The first-order chi connectivity index (χ1) is 13.7. The second kappa shape index (κ2) is 8.00. The Morgan fingerprint density at radius 3 is 2.52 bits per heavy atom. The minimum absolute atomic E-state index is 0.00846. The second-order valence-corrected chi connectivity index (χ2v) is 6.58. The van der Waals surface area contributed by atoms with Crippen molar-refractivity contribution in [2.45, 2.75) is 6.18 Å². The van der Waals surface area contributed by atoms with Gasteiger partial charge < -0.3 is 0 Å². The van der Waals surface area contributed by atoms with Gasteiger partial charge in [-0.1, -0.05) is 42.5 Å². The smallest absolute Gasteiger partial charge is 0.298 e. The van der Waals surface area contributed by atoms with Gasteiger partial charge in [0.2, 0.25) is 0 Å². The van der Waals surface area contributed by atoms with Crippen LogP contribution in [0.25, 0.3) is 17.2 Å². The molecule has 29 heavy (non-hydrogen) atoms. The molecule has 0 unspecified atom stereocenters. The van der Waals surface area contributed by atoms with Crippen LogP contribution in [0.15, 0.2) is 66.8 Å². The molecule has 2 aromatic rings. The van der Waals surface area contributed by atoms with Crippen LogP contribution in [0.1, 0.15) is 11.1 Å². The van der Waals surface area contributed by atoms with Crippen LogP contribution in [0.5, 0.6) is 0 Å². The number of carbonyl (C=O) groups excluding carboxylic acids is 2. The van der Waals surface area contributed by atoms with E-state index in [1.165, 1.54) is 47.4 Å². The molecule has 1 aliphatic heterocycles. The number of hydrogen-bond acceptors (Lipinski definition) is 3. The van der Waals surface area contributed by atoms with E-state index in [-0.39, 0.29) is 22.8 Å². The number of amides is 2. The van der Waals surface area contributed by atoms with Gasteiger partial charge in [-0.2, -0.15) is 13.2 Å². The van der Waals surface area contributed by atoms with Crippen LogP contribution in [0.2, 0.25) is 0 Å². The van der Waals surface area contributed by atoms with Gasteiger partial charge in [0.05, 0.1) is 5.56 Å². The van der Waals surface area contributed by atoms with E-state index in [0.717, 1.165) is 6.07 Å². The van der Waals surface area contributed by atoms with Gasteiger partial charge in [0.25, 0.3) is 11.8 Å². The molecule has 0 atom stereocenters. The SMILES string of the molecule is C=CCN1C(=O)/C(=C/c2cccc(-c3ccccc3C(F)(F)F)c2)C(=O)NC1=S. The number of alkyl halides is 3. The molecule has 2 aromatic carbocycles. The van der Waals surface area contributed by atoms with Gasteiger partial charge in [-0.25, -0.2) is 0 Å². The first kappa shape index (κ1) is 20.5. The zero-order valence-electron chi connectivity index (χ0n) is 15.0. The third-order valence-electron chi connectivity index (χ3n) is 4.24. The van der Waals surface area contributed by atoms with E-state index < -0.39 is 23.6 Å². The van der Waals surface area contributed by atoms with Gasteiger partial charge in [0.15, 0.2) is 5.11 Å². The van der Waals surface area contributed by atoms with Crippen molar-refractivity contribution in [3.05, 3.63) is 77.9 Å². The highest BCUT2D eigenvalue weighted by atomic mass is 32.1. The molecule has 0 bridgehead atoms. The third-order valence-corrected chi connectivity index (χ3v) is 4.56. The van der Waals surface area contributed by atoms with Crippen LogP contribution in [0, 0.1) is 0 Å².